The fourth-order valence-electron chi connectivity index (χ4n) is 2.88. The third-order valence-corrected chi connectivity index (χ3v) is 4.21. The molecule has 0 aliphatic carbocycles. The van der Waals surface area contributed by atoms with Crippen LogP contribution in [0.1, 0.15) is 23.5 Å². The number of rotatable bonds is 3. The fourth-order valence-corrected chi connectivity index (χ4v) is 3.17. The van der Waals surface area contributed by atoms with Crippen molar-refractivity contribution in [1.82, 2.24) is 4.90 Å². The van der Waals surface area contributed by atoms with E-state index in [1.165, 1.54) is 17.5 Å². The SMILES string of the molecule is Clc1ccccc1C1CCN(Cc2ccccc2)C1. The Kier molecular flexibility index (Phi) is 3.86. The second-order valence-electron chi connectivity index (χ2n) is 5.23. The third-order valence-electron chi connectivity index (χ3n) is 3.87. The smallest absolute Gasteiger partial charge is 0.0441 e. The van der Waals surface area contributed by atoms with Gasteiger partial charge in [0.1, 0.15) is 0 Å². The first-order valence-corrected chi connectivity index (χ1v) is 7.21. The van der Waals surface area contributed by atoms with Gasteiger partial charge in [0, 0.05) is 18.1 Å². The molecule has 1 heterocycles. The van der Waals surface area contributed by atoms with Crippen molar-refractivity contribution in [2.45, 2.75) is 18.9 Å². The zero-order valence-electron chi connectivity index (χ0n) is 10.9. The maximum absolute atomic E-state index is 6.29. The average Bonchev–Trinajstić information content (AvgIpc) is 2.89. The molecule has 98 valence electrons. The Hall–Kier alpha value is -1.31. The molecule has 2 aromatic carbocycles. The highest BCUT2D eigenvalue weighted by molar-refractivity contribution is 6.31. The van der Waals surface area contributed by atoms with Crippen molar-refractivity contribution in [3.63, 3.8) is 0 Å². The molecule has 2 heteroatoms. The first kappa shape index (κ1) is 12.7. The molecule has 0 spiro atoms. The minimum Gasteiger partial charge on any atom is -0.298 e. The lowest BCUT2D eigenvalue weighted by Gasteiger charge is -2.16. The molecule has 0 amide bonds. The molecule has 1 nitrogen and oxygen atoms in total. The molecule has 1 unspecified atom stereocenters. The first-order chi connectivity index (χ1) is 9.33. The average molecular weight is 272 g/mol. The summed E-state index contributed by atoms with van der Waals surface area (Å²) in [4.78, 5) is 2.52. The Morgan fingerprint density at radius 1 is 1.00 bits per heavy atom. The quantitative estimate of drug-likeness (QED) is 0.803. The van der Waals surface area contributed by atoms with E-state index in [1.54, 1.807) is 0 Å². The van der Waals surface area contributed by atoms with E-state index in [-0.39, 0.29) is 0 Å². The van der Waals surface area contributed by atoms with Gasteiger partial charge >= 0.3 is 0 Å². The van der Waals surface area contributed by atoms with E-state index in [0.717, 1.165) is 24.7 Å². The van der Waals surface area contributed by atoms with E-state index in [2.05, 4.69) is 47.4 Å². The monoisotopic (exact) mass is 271 g/mol. The summed E-state index contributed by atoms with van der Waals surface area (Å²) in [5.74, 6) is 0.581. The van der Waals surface area contributed by atoms with Gasteiger partial charge in [0.05, 0.1) is 0 Å². The van der Waals surface area contributed by atoms with E-state index < -0.39 is 0 Å². The van der Waals surface area contributed by atoms with Gasteiger partial charge in [-0.25, -0.2) is 0 Å². The van der Waals surface area contributed by atoms with Gasteiger partial charge in [-0.1, -0.05) is 60.1 Å². The lowest BCUT2D eigenvalue weighted by atomic mass is 9.98. The molecule has 19 heavy (non-hydrogen) atoms. The molecule has 0 radical (unpaired) electrons. The molecular weight excluding hydrogens is 254 g/mol. The summed E-state index contributed by atoms with van der Waals surface area (Å²) in [6, 6.07) is 18.9. The predicted octanol–water partition coefficient (Wildman–Crippen LogP) is 4.33. The molecule has 1 aliphatic heterocycles. The summed E-state index contributed by atoms with van der Waals surface area (Å²) < 4.78 is 0. The molecule has 1 atom stereocenters. The Balaban J connectivity index is 1.66. The Bertz CT molecular complexity index is 538. The Labute approximate surface area is 119 Å². The van der Waals surface area contributed by atoms with Gasteiger partial charge < -0.3 is 0 Å². The van der Waals surface area contributed by atoms with Gasteiger partial charge in [-0.05, 0) is 36.1 Å². The van der Waals surface area contributed by atoms with E-state index >= 15 is 0 Å². The third kappa shape index (κ3) is 2.99. The van der Waals surface area contributed by atoms with Crippen LogP contribution in [-0.4, -0.2) is 18.0 Å². The second kappa shape index (κ2) is 5.77. The minimum atomic E-state index is 0.581. The molecule has 1 saturated heterocycles. The van der Waals surface area contributed by atoms with Gasteiger partial charge in [-0.2, -0.15) is 0 Å². The summed E-state index contributed by atoms with van der Waals surface area (Å²) in [5, 5.41) is 0.911. The maximum Gasteiger partial charge on any atom is 0.0441 e. The van der Waals surface area contributed by atoms with Crippen molar-refractivity contribution in [3.8, 4) is 0 Å². The van der Waals surface area contributed by atoms with Crippen LogP contribution in [0.15, 0.2) is 54.6 Å². The number of benzene rings is 2. The van der Waals surface area contributed by atoms with Crippen LogP contribution < -0.4 is 0 Å². The van der Waals surface area contributed by atoms with Gasteiger partial charge in [-0.15, -0.1) is 0 Å². The highest BCUT2D eigenvalue weighted by atomic mass is 35.5. The van der Waals surface area contributed by atoms with Crippen LogP contribution in [0, 0.1) is 0 Å². The molecule has 0 N–H and O–H groups in total. The number of halogens is 1. The van der Waals surface area contributed by atoms with Gasteiger partial charge in [0.25, 0.3) is 0 Å². The summed E-state index contributed by atoms with van der Waals surface area (Å²) in [6.07, 6.45) is 1.20. The first-order valence-electron chi connectivity index (χ1n) is 6.83. The highest BCUT2D eigenvalue weighted by Gasteiger charge is 2.24. The molecule has 0 bridgehead atoms. The largest absolute Gasteiger partial charge is 0.298 e. The van der Waals surface area contributed by atoms with E-state index in [9.17, 15) is 0 Å². The Morgan fingerprint density at radius 3 is 2.53 bits per heavy atom. The topological polar surface area (TPSA) is 3.24 Å². The zero-order chi connectivity index (χ0) is 13.1. The number of hydrogen-bond donors (Lipinski definition) is 0. The van der Waals surface area contributed by atoms with Crippen LogP contribution in [0.3, 0.4) is 0 Å². The summed E-state index contributed by atoms with van der Waals surface area (Å²) >= 11 is 6.29. The van der Waals surface area contributed by atoms with Crippen molar-refractivity contribution in [2.24, 2.45) is 0 Å². The molecule has 0 aromatic heterocycles. The molecular formula is C17H18ClN. The summed E-state index contributed by atoms with van der Waals surface area (Å²) in [6.45, 7) is 3.31. The standard InChI is InChI=1S/C17H18ClN/c18-17-9-5-4-8-16(17)15-10-11-19(13-15)12-14-6-2-1-3-7-14/h1-9,15H,10-13H2. The van der Waals surface area contributed by atoms with Crippen molar-refractivity contribution in [2.75, 3.05) is 13.1 Å². The minimum absolute atomic E-state index is 0.581. The van der Waals surface area contributed by atoms with Crippen molar-refractivity contribution in [1.29, 1.82) is 0 Å². The molecule has 0 saturated carbocycles. The van der Waals surface area contributed by atoms with Crippen LogP contribution in [0.4, 0.5) is 0 Å². The number of hydrogen-bond acceptors (Lipinski definition) is 1. The predicted molar refractivity (Wildman–Crippen MR) is 80.5 cm³/mol. The summed E-state index contributed by atoms with van der Waals surface area (Å²) in [7, 11) is 0. The van der Waals surface area contributed by atoms with E-state index in [4.69, 9.17) is 11.6 Å². The van der Waals surface area contributed by atoms with Crippen LogP contribution >= 0.6 is 11.6 Å². The van der Waals surface area contributed by atoms with Crippen molar-refractivity contribution < 1.29 is 0 Å². The van der Waals surface area contributed by atoms with E-state index in [0.29, 0.717) is 5.92 Å². The lowest BCUT2D eigenvalue weighted by molar-refractivity contribution is 0.327. The maximum atomic E-state index is 6.29. The Morgan fingerprint density at radius 2 is 1.74 bits per heavy atom. The van der Waals surface area contributed by atoms with Crippen molar-refractivity contribution >= 4 is 11.6 Å². The lowest BCUT2D eigenvalue weighted by Crippen LogP contribution is -2.19. The molecule has 1 aliphatic rings. The molecule has 2 aromatic rings. The van der Waals surface area contributed by atoms with Crippen LogP contribution in [0.25, 0.3) is 0 Å². The zero-order valence-corrected chi connectivity index (χ0v) is 11.7. The summed E-state index contributed by atoms with van der Waals surface area (Å²) in [5.41, 5.74) is 2.70. The molecule has 1 fully saturated rings. The van der Waals surface area contributed by atoms with Crippen LogP contribution in [0.5, 0.6) is 0 Å². The van der Waals surface area contributed by atoms with Gasteiger partial charge in [0.15, 0.2) is 0 Å². The van der Waals surface area contributed by atoms with Crippen molar-refractivity contribution in [3.05, 3.63) is 70.7 Å². The van der Waals surface area contributed by atoms with Crippen LogP contribution in [-0.2, 0) is 6.54 Å². The van der Waals surface area contributed by atoms with Gasteiger partial charge in [-0.3, -0.25) is 4.90 Å². The second-order valence-corrected chi connectivity index (χ2v) is 5.64. The molecule has 3 rings (SSSR count). The fraction of sp³-hybridized carbons (Fsp3) is 0.294. The van der Waals surface area contributed by atoms with Gasteiger partial charge in [0.2, 0.25) is 0 Å². The number of nitrogens with zero attached hydrogens (tertiary/aromatic N) is 1. The highest BCUT2D eigenvalue weighted by Crippen LogP contribution is 2.32. The number of likely N-dealkylation sites (tertiary alicyclic amines) is 1. The van der Waals surface area contributed by atoms with Crippen LogP contribution in [0.2, 0.25) is 5.02 Å². The van der Waals surface area contributed by atoms with E-state index in [1.807, 2.05) is 12.1 Å². The normalized spacial score (nSPS) is 19.7.